The Kier molecular flexibility index (Phi) is 4.00. The Morgan fingerprint density at radius 1 is 1.32 bits per heavy atom. The maximum atomic E-state index is 6.32. The standard InChI is InChI=1S/C15H22N4/c1-5-14(16)15(13-7-6-8-17-9-13)19-12(4)10(2)11(3)18-19/h6-9,14-15H,5,16H2,1-4H3. The van der Waals surface area contributed by atoms with Crippen LogP contribution in [0.1, 0.15) is 41.9 Å². The van der Waals surface area contributed by atoms with Crippen molar-refractivity contribution in [2.45, 2.75) is 46.2 Å². The molecule has 2 N–H and O–H groups in total. The molecule has 0 saturated carbocycles. The summed E-state index contributed by atoms with van der Waals surface area (Å²) < 4.78 is 2.05. The predicted molar refractivity (Wildman–Crippen MR) is 77.1 cm³/mol. The Morgan fingerprint density at radius 3 is 2.53 bits per heavy atom. The fourth-order valence-corrected chi connectivity index (χ4v) is 2.36. The van der Waals surface area contributed by atoms with Crippen molar-refractivity contribution in [1.29, 1.82) is 0 Å². The Morgan fingerprint density at radius 2 is 2.05 bits per heavy atom. The average molecular weight is 258 g/mol. The fourth-order valence-electron chi connectivity index (χ4n) is 2.36. The molecule has 0 aromatic carbocycles. The van der Waals surface area contributed by atoms with Crippen LogP contribution in [0.25, 0.3) is 0 Å². The minimum absolute atomic E-state index is 0.0293. The molecule has 4 heteroatoms. The molecule has 2 rings (SSSR count). The quantitative estimate of drug-likeness (QED) is 0.916. The van der Waals surface area contributed by atoms with Crippen LogP contribution >= 0.6 is 0 Å². The SMILES string of the molecule is CCC(N)C(c1cccnc1)n1nc(C)c(C)c1C. The highest BCUT2D eigenvalue weighted by atomic mass is 15.3. The normalized spacial score (nSPS) is 14.4. The van der Waals surface area contributed by atoms with Crippen LogP contribution < -0.4 is 5.73 Å². The zero-order valence-corrected chi connectivity index (χ0v) is 12.1. The van der Waals surface area contributed by atoms with Gasteiger partial charge in [-0.25, -0.2) is 0 Å². The van der Waals surface area contributed by atoms with Crippen molar-refractivity contribution in [2.75, 3.05) is 0 Å². The molecule has 2 aromatic heterocycles. The minimum atomic E-state index is 0.0293. The van der Waals surface area contributed by atoms with E-state index in [1.165, 1.54) is 11.3 Å². The lowest BCUT2D eigenvalue weighted by molar-refractivity contribution is 0.414. The van der Waals surface area contributed by atoms with Gasteiger partial charge in [-0.3, -0.25) is 9.67 Å². The molecule has 0 aliphatic rings. The molecule has 102 valence electrons. The van der Waals surface area contributed by atoms with Crippen molar-refractivity contribution in [3.63, 3.8) is 0 Å². The summed E-state index contributed by atoms with van der Waals surface area (Å²) in [5.41, 5.74) is 10.9. The first-order valence-corrected chi connectivity index (χ1v) is 6.74. The number of hydrogen-bond donors (Lipinski definition) is 1. The summed E-state index contributed by atoms with van der Waals surface area (Å²) in [4.78, 5) is 4.21. The molecule has 0 aliphatic heterocycles. The van der Waals surface area contributed by atoms with Gasteiger partial charge >= 0.3 is 0 Å². The molecule has 2 heterocycles. The zero-order valence-electron chi connectivity index (χ0n) is 12.1. The van der Waals surface area contributed by atoms with Gasteiger partial charge in [0.1, 0.15) is 0 Å². The predicted octanol–water partition coefficient (Wildman–Crippen LogP) is 2.53. The highest BCUT2D eigenvalue weighted by Crippen LogP contribution is 2.25. The van der Waals surface area contributed by atoms with E-state index in [9.17, 15) is 0 Å². The molecule has 2 unspecified atom stereocenters. The fraction of sp³-hybridized carbons (Fsp3) is 0.467. The molecule has 0 radical (unpaired) electrons. The van der Waals surface area contributed by atoms with Gasteiger partial charge in [0.05, 0.1) is 11.7 Å². The number of nitrogens with two attached hydrogens (primary N) is 1. The zero-order chi connectivity index (χ0) is 14.0. The first-order chi connectivity index (χ1) is 9.06. The second kappa shape index (κ2) is 5.53. The Hall–Kier alpha value is -1.68. The van der Waals surface area contributed by atoms with Crippen LogP contribution in [0.5, 0.6) is 0 Å². The van der Waals surface area contributed by atoms with Crippen LogP contribution in [0.4, 0.5) is 0 Å². The maximum Gasteiger partial charge on any atom is 0.0937 e. The monoisotopic (exact) mass is 258 g/mol. The molecule has 0 bridgehead atoms. The van der Waals surface area contributed by atoms with Crippen molar-refractivity contribution in [3.05, 3.63) is 47.0 Å². The molecular weight excluding hydrogens is 236 g/mol. The molecule has 0 saturated heterocycles. The van der Waals surface area contributed by atoms with Crippen LogP contribution in [0.15, 0.2) is 24.5 Å². The lowest BCUT2D eigenvalue weighted by Crippen LogP contribution is -2.33. The highest BCUT2D eigenvalue weighted by Gasteiger charge is 2.24. The van der Waals surface area contributed by atoms with Gasteiger partial charge in [0.25, 0.3) is 0 Å². The van der Waals surface area contributed by atoms with Crippen LogP contribution in [0.2, 0.25) is 0 Å². The molecule has 0 fully saturated rings. The van der Waals surface area contributed by atoms with Gasteiger partial charge in [-0.15, -0.1) is 0 Å². The molecule has 4 nitrogen and oxygen atoms in total. The van der Waals surface area contributed by atoms with Crippen LogP contribution in [0, 0.1) is 20.8 Å². The maximum absolute atomic E-state index is 6.32. The highest BCUT2D eigenvalue weighted by molar-refractivity contribution is 5.26. The van der Waals surface area contributed by atoms with Gasteiger partial charge in [-0.2, -0.15) is 5.10 Å². The molecule has 0 amide bonds. The number of rotatable bonds is 4. The second-order valence-corrected chi connectivity index (χ2v) is 5.04. The smallest absolute Gasteiger partial charge is 0.0937 e. The van der Waals surface area contributed by atoms with Gasteiger partial charge < -0.3 is 5.73 Å². The molecule has 19 heavy (non-hydrogen) atoms. The van der Waals surface area contributed by atoms with Crippen molar-refractivity contribution in [2.24, 2.45) is 5.73 Å². The summed E-state index contributed by atoms with van der Waals surface area (Å²) >= 11 is 0. The molecule has 0 spiro atoms. The summed E-state index contributed by atoms with van der Waals surface area (Å²) in [6.07, 6.45) is 4.56. The third-order valence-corrected chi connectivity index (χ3v) is 3.85. The lowest BCUT2D eigenvalue weighted by atomic mass is 9.99. The third-order valence-electron chi connectivity index (χ3n) is 3.85. The first-order valence-electron chi connectivity index (χ1n) is 6.74. The van der Waals surface area contributed by atoms with Gasteiger partial charge in [-0.1, -0.05) is 13.0 Å². The number of pyridine rings is 1. The summed E-state index contributed by atoms with van der Waals surface area (Å²) in [6, 6.07) is 4.09. The van der Waals surface area contributed by atoms with E-state index in [-0.39, 0.29) is 12.1 Å². The minimum Gasteiger partial charge on any atom is -0.326 e. The Bertz CT molecular complexity index is 545. The van der Waals surface area contributed by atoms with E-state index in [1.54, 1.807) is 6.20 Å². The topological polar surface area (TPSA) is 56.7 Å². The van der Waals surface area contributed by atoms with E-state index in [1.807, 2.05) is 19.2 Å². The third kappa shape index (κ3) is 2.54. The van der Waals surface area contributed by atoms with Crippen molar-refractivity contribution in [3.8, 4) is 0 Å². The van der Waals surface area contributed by atoms with Crippen LogP contribution in [0.3, 0.4) is 0 Å². The molecule has 0 aliphatic carbocycles. The van der Waals surface area contributed by atoms with E-state index in [4.69, 9.17) is 5.73 Å². The number of aromatic nitrogens is 3. The number of aryl methyl sites for hydroxylation is 1. The van der Waals surface area contributed by atoms with Crippen LogP contribution in [-0.4, -0.2) is 20.8 Å². The second-order valence-electron chi connectivity index (χ2n) is 5.04. The number of hydrogen-bond acceptors (Lipinski definition) is 3. The van der Waals surface area contributed by atoms with Gasteiger partial charge in [0, 0.05) is 24.1 Å². The average Bonchev–Trinajstić information content (AvgIpc) is 2.68. The van der Waals surface area contributed by atoms with E-state index < -0.39 is 0 Å². The molecule has 2 atom stereocenters. The summed E-state index contributed by atoms with van der Waals surface area (Å²) in [7, 11) is 0. The lowest BCUT2D eigenvalue weighted by Gasteiger charge is -2.25. The first kappa shape index (κ1) is 13.7. The van der Waals surface area contributed by atoms with E-state index in [2.05, 4.69) is 41.6 Å². The van der Waals surface area contributed by atoms with Gasteiger partial charge in [0.2, 0.25) is 0 Å². The summed E-state index contributed by atoms with van der Waals surface area (Å²) in [5, 5.41) is 4.66. The Labute approximate surface area is 114 Å². The Balaban J connectivity index is 2.52. The van der Waals surface area contributed by atoms with Crippen molar-refractivity contribution >= 4 is 0 Å². The number of nitrogens with zero attached hydrogens (tertiary/aromatic N) is 3. The van der Waals surface area contributed by atoms with Crippen molar-refractivity contribution < 1.29 is 0 Å². The van der Waals surface area contributed by atoms with E-state index in [0.717, 1.165) is 17.7 Å². The largest absolute Gasteiger partial charge is 0.326 e. The van der Waals surface area contributed by atoms with E-state index in [0.29, 0.717) is 0 Å². The summed E-state index contributed by atoms with van der Waals surface area (Å²) in [5.74, 6) is 0. The van der Waals surface area contributed by atoms with E-state index >= 15 is 0 Å². The van der Waals surface area contributed by atoms with Crippen LogP contribution in [-0.2, 0) is 0 Å². The van der Waals surface area contributed by atoms with Crippen molar-refractivity contribution in [1.82, 2.24) is 14.8 Å². The van der Waals surface area contributed by atoms with Gasteiger partial charge in [-0.05, 0) is 44.4 Å². The molecule has 2 aromatic rings. The molecular formula is C15H22N4. The van der Waals surface area contributed by atoms with Gasteiger partial charge in [0.15, 0.2) is 0 Å². The summed E-state index contributed by atoms with van der Waals surface area (Å²) in [6.45, 7) is 8.34.